The van der Waals surface area contributed by atoms with Crippen LogP contribution >= 0.6 is 27.5 Å². The van der Waals surface area contributed by atoms with Crippen LogP contribution in [0.3, 0.4) is 0 Å². The molecule has 1 heterocycles. The predicted octanol–water partition coefficient (Wildman–Crippen LogP) is 4.01. The van der Waals surface area contributed by atoms with Crippen molar-refractivity contribution in [3.63, 3.8) is 0 Å². The van der Waals surface area contributed by atoms with E-state index in [1.165, 1.54) is 37.2 Å². The second kappa shape index (κ2) is 4.11. The van der Waals surface area contributed by atoms with E-state index in [4.69, 9.17) is 11.6 Å². The highest BCUT2D eigenvalue weighted by molar-refractivity contribution is 9.10. The van der Waals surface area contributed by atoms with Gasteiger partial charge < -0.3 is 4.90 Å². The average molecular weight is 275 g/mol. The molecule has 0 spiro atoms. The van der Waals surface area contributed by atoms with Crippen molar-refractivity contribution >= 4 is 33.2 Å². The number of benzene rings is 1. The highest BCUT2D eigenvalue weighted by Crippen LogP contribution is 2.32. The first-order chi connectivity index (χ1) is 6.68. The van der Waals surface area contributed by atoms with Crippen LogP contribution in [0.25, 0.3) is 0 Å². The molecule has 0 saturated carbocycles. The summed E-state index contributed by atoms with van der Waals surface area (Å²) in [4.78, 5) is 2.43. The first-order valence-electron chi connectivity index (χ1n) is 4.89. The maximum absolute atomic E-state index is 6.03. The summed E-state index contributed by atoms with van der Waals surface area (Å²) in [6, 6.07) is 4.16. The van der Waals surface area contributed by atoms with E-state index in [1.54, 1.807) is 0 Å². The maximum Gasteiger partial charge on any atom is 0.0552 e. The van der Waals surface area contributed by atoms with E-state index < -0.39 is 0 Å². The van der Waals surface area contributed by atoms with Gasteiger partial charge in [-0.1, -0.05) is 11.6 Å². The number of rotatable bonds is 1. The fraction of sp³-hybridized carbons (Fsp3) is 0.455. The Bertz CT molecular complexity index is 345. The number of anilines is 1. The van der Waals surface area contributed by atoms with Crippen molar-refractivity contribution in [3.05, 3.63) is 27.2 Å². The number of nitrogens with zero attached hydrogens (tertiary/aromatic N) is 1. The molecule has 1 aromatic carbocycles. The molecule has 1 fully saturated rings. The van der Waals surface area contributed by atoms with Gasteiger partial charge in [-0.15, -0.1) is 0 Å². The van der Waals surface area contributed by atoms with Crippen LogP contribution in [-0.2, 0) is 0 Å². The second-order valence-corrected chi connectivity index (χ2v) is 5.01. The third-order valence-corrected chi connectivity index (χ3v) is 3.88. The van der Waals surface area contributed by atoms with Gasteiger partial charge in [0.25, 0.3) is 0 Å². The highest BCUT2D eigenvalue weighted by atomic mass is 79.9. The van der Waals surface area contributed by atoms with Crippen LogP contribution in [0.2, 0.25) is 5.02 Å². The standard InChI is InChI=1S/C11H13BrClN/c1-8-6-10(13)9(12)7-11(8)14-4-2-3-5-14/h6-7H,2-5H2,1H3. The monoisotopic (exact) mass is 273 g/mol. The van der Waals surface area contributed by atoms with Crippen molar-refractivity contribution in [2.24, 2.45) is 0 Å². The van der Waals surface area contributed by atoms with E-state index in [0.717, 1.165) is 9.50 Å². The van der Waals surface area contributed by atoms with Gasteiger partial charge in [0.05, 0.1) is 5.02 Å². The molecule has 1 aliphatic heterocycles. The lowest BCUT2D eigenvalue weighted by atomic mass is 10.2. The smallest absolute Gasteiger partial charge is 0.0552 e. The minimum Gasteiger partial charge on any atom is -0.371 e. The van der Waals surface area contributed by atoms with Crippen molar-refractivity contribution in [1.82, 2.24) is 0 Å². The lowest BCUT2D eigenvalue weighted by Gasteiger charge is -2.20. The summed E-state index contributed by atoms with van der Waals surface area (Å²) in [5, 5.41) is 0.797. The third-order valence-electron chi connectivity index (χ3n) is 2.69. The Kier molecular flexibility index (Phi) is 3.03. The largest absolute Gasteiger partial charge is 0.371 e. The molecule has 0 bridgehead atoms. The van der Waals surface area contributed by atoms with Crippen LogP contribution in [0.4, 0.5) is 5.69 Å². The van der Waals surface area contributed by atoms with Gasteiger partial charge in [0, 0.05) is 23.2 Å². The molecular weight excluding hydrogens is 261 g/mol. The fourth-order valence-electron chi connectivity index (χ4n) is 1.93. The molecule has 0 aromatic heterocycles. The molecule has 0 amide bonds. The molecule has 0 radical (unpaired) electrons. The molecule has 0 N–H and O–H groups in total. The Morgan fingerprint density at radius 1 is 1.29 bits per heavy atom. The molecule has 0 aliphatic carbocycles. The van der Waals surface area contributed by atoms with Crippen LogP contribution in [0.5, 0.6) is 0 Å². The lowest BCUT2D eigenvalue weighted by Crippen LogP contribution is -2.18. The van der Waals surface area contributed by atoms with E-state index in [2.05, 4.69) is 33.8 Å². The summed E-state index contributed by atoms with van der Waals surface area (Å²) in [5.74, 6) is 0. The van der Waals surface area contributed by atoms with Crippen molar-refractivity contribution in [3.8, 4) is 0 Å². The average Bonchev–Trinajstić information content (AvgIpc) is 2.64. The van der Waals surface area contributed by atoms with E-state index in [9.17, 15) is 0 Å². The van der Waals surface area contributed by atoms with Crippen LogP contribution < -0.4 is 4.90 Å². The molecule has 76 valence electrons. The molecule has 1 nitrogen and oxygen atoms in total. The topological polar surface area (TPSA) is 3.24 Å². The van der Waals surface area contributed by atoms with Gasteiger partial charge in [0.15, 0.2) is 0 Å². The fourth-order valence-corrected chi connectivity index (χ4v) is 2.48. The van der Waals surface area contributed by atoms with Crippen molar-refractivity contribution in [2.75, 3.05) is 18.0 Å². The zero-order valence-corrected chi connectivity index (χ0v) is 10.5. The summed E-state index contributed by atoms with van der Waals surface area (Å²) < 4.78 is 0.992. The summed E-state index contributed by atoms with van der Waals surface area (Å²) in [5.41, 5.74) is 2.58. The molecule has 14 heavy (non-hydrogen) atoms. The van der Waals surface area contributed by atoms with Gasteiger partial charge >= 0.3 is 0 Å². The Labute approximate surface area is 98.2 Å². The van der Waals surface area contributed by atoms with Gasteiger partial charge in [-0.2, -0.15) is 0 Å². The Morgan fingerprint density at radius 2 is 1.93 bits per heavy atom. The van der Waals surface area contributed by atoms with E-state index in [1.807, 2.05) is 6.07 Å². The number of hydrogen-bond acceptors (Lipinski definition) is 1. The lowest BCUT2D eigenvalue weighted by molar-refractivity contribution is 0.949. The summed E-state index contributed by atoms with van der Waals surface area (Å²) >= 11 is 9.50. The Balaban J connectivity index is 2.37. The zero-order valence-electron chi connectivity index (χ0n) is 8.19. The van der Waals surface area contributed by atoms with Crippen LogP contribution in [0.1, 0.15) is 18.4 Å². The molecule has 0 unspecified atom stereocenters. The van der Waals surface area contributed by atoms with Crippen LogP contribution in [0.15, 0.2) is 16.6 Å². The molecule has 3 heteroatoms. The van der Waals surface area contributed by atoms with Gasteiger partial charge in [0.1, 0.15) is 0 Å². The minimum absolute atomic E-state index is 0.797. The van der Waals surface area contributed by atoms with Gasteiger partial charge in [0.2, 0.25) is 0 Å². The maximum atomic E-state index is 6.03. The van der Waals surface area contributed by atoms with Crippen LogP contribution in [0, 0.1) is 6.92 Å². The summed E-state index contributed by atoms with van der Waals surface area (Å²) in [6.45, 7) is 4.47. The molecule has 2 rings (SSSR count). The number of halogens is 2. The first-order valence-corrected chi connectivity index (χ1v) is 6.06. The van der Waals surface area contributed by atoms with Gasteiger partial charge in [-0.05, 0) is 53.4 Å². The molecule has 1 saturated heterocycles. The normalized spacial score (nSPS) is 16.4. The molecule has 0 atom stereocenters. The van der Waals surface area contributed by atoms with Gasteiger partial charge in [-0.25, -0.2) is 0 Å². The van der Waals surface area contributed by atoms with Crippen molar-refractivity contribution in [2.45, 2.75) is 19.8 Å². The SMILES string of the molecule is Cc1cc(Cl)c(Br)cc1N1CCCC1. The second-order valence-electron chi connectivity index (χ2n) is 3.75. The molecule has 1 aliphatic rings. The van der Waals surface area contributed by atoms with E-state index >= 15 is 0 Å². The minimum atomic E-state index is 0.797. The summed E-state index contributed by atoms with van der Waals surface area (Å²) in [6.07, 6.45) is 2.61. The van der Waals surface area contributed by atoms with E-state index in [0.29, 0.717) is 0 Å². The molecular formula is C11H13BrClN. The first kappa shape index (κ1) is 10.3. The number of hydrogen-bond donors (Lipinski definition) is 0. The van der Waals surface area contributed by atoms with Crippen molar-refractivity contribution < 1.29 is 0 Å². The predicted molar refractivity (Wildman–Crippen MR) is 65.3 cm³/mol. The zero-order chi connectivity index (χ0) is 10.1. The van der Waals surface area contributed by atoms with E-state index in [-0.39, 0.29) is 0 Å². The molecule has 1 aromatic rings. The van der Waals surface area contributed by atoms with Gasteiger partial charge in [-0.3, -0.25) is 0 Å². The highest BCUT2D eigenvalue weighted by Gasteiger charge is 2.15. The summed E-state index contributed by atoms with van der Waals surface area (Å²) in [7, 11) is 0. The van der Waals surface area contributed by atoms with Crippen molar-refractivity contribution in [1.29, 1.82) is 0 Å². The Morgan fingerprint density at radius 3 is 2.57 bits per heavy atom. The quantitative estimate of drug-likeness (QED) is 0.748. The Hall–Kier alpha value is -0.210. The number of aryl methyl sites for hydroxylation is 1. The third kappa shape index (κ3) is 1.91. The van der Waals surface area contributed by atoms with Crippen LogP contribution in [-0.4, -0.2) is 13.1 Å².